The molecule has 106 valence electrons. The molecule has 0 fully saturated rings. The number of nitrogens with zero attached hydrogens (tertiary/aromatic N) is 2. The third-order valence-corrected chi connectivity index (χ3v) is 5.12. The van der Waals surface area contributed by atoms with Crippen molar-refractivity contribution >= 4 is 34.6 Å². The molecule has 2 nitrogen and oxygen atoms in total. The molecule has 1 atom stereocenters. The second-order valence-electron chi connectivity index (χ2n) is 5.46. The molecule has 4 heteroatoms. The normalized spacial score (nSPS) is 18.1. The number of rotatable bonds is 2. The third-order valence-electron chi connectivity index (χ3n) is 3.72. The first-order valence-corrected chi connectivity index (χ1v) is 8.21. The van der Waals surface area contributed by atoms with E-state index >= 15 is 0 Å². The van der Waals surface area contributed by atoms with Gasteiger partial charge in [0, 0.05) is 9.90 Å². The molecule has 1 heterocycles. The van der Waals surface area contributed by atoms with E-state index in [1.165, 1.54) is 17.0 Å². The molecule has 1 aromatic carbocycles. The van der Waals surface area contributed by atoms with Gasteiger partial charge in [0.1, 0.15) is 11.1 Å². The van der Waals surface area contributed by atoms with Gasteiger partial charge in [0.05, 0.1) is 11.3 Å². The van der Waals surface area contributed by atoms with Gasteiger partial charge >= 0.3 is 0 Å². The molecule has 3 rings (SSSR count). The highest BCUT2D eigenvalue weighted by Crippen LogP contribution is 2.33. The highest BCUT2D eigenvalue weighted by atomic mass is 35.5. The van der Waals surface area contributed by atoms with Crippen LogP contribution in [-0.4, -0.2) is 4.98 Å². The largest absolute Gasteiger partial charge is 0.240 e. The van der Waals surface area contributed by atoms with Crippen LogP contribution in [0.25, 0.3) is 11.6 Å². The maximum absolute atomic E-state index is 9.43. The molecule has 2 aromatic rings. The number of nitriles is 1. The Morgan fingerprint density at radius 2 is 2.19 bits per heavy atom. The maximum Gasteiger partial charge on any atom is 0.134 e. The maximum atomic E-state index is 9.43. The molecule has 0 saturated carbocycles. The van der Waals surface area contributed by atoms with Gasteiger partial charge in [0.2, 0.25) is 0 Å². The molecule has 0 amide bonds. The zero-order valence-electron chi connectivity index (χ0n) is 11.8. The lowest BCUT2D eigenvalue weighted by molar-refractivity contribution is 0.502. The van der Waals surface area contributed by atoms with Gasteiger partial charge < -0.3 is 0 Å². The predicted molar refractivity (Wildman–Crippen MR) is 88.2 cm³/mol. The average Bonchev–Trinajstić information content (AvgIpc) is 2.89. The van der Waals surface area contributed by atoms with Gasteiger partial charge in [-0.25, -0.2) is 4.98 Å². The fraction of sp³-hybridized carbons (Fsp3) is 0.294. The molecule has 21 heavy (non-hydrogen) atoms. The van der Waals surface area contributed by atoms with Crippen molar-refractivity contribution < 1.29 is 0 Å². The summed E-state index contributed by atoms with van der Waals surface area (Å²) in [5.41, 5.74) is 2.78. The summed E-state index contributed by atoms with van der Waals surface area (Å²) in [6.45, 7) is 2.27. The third kappa shape index (κ3) is 3.18. The second kappa shape index (κ2) is 6.01. The predicted octanol–water partition coefficient (Wildman–Crippen LogP) is 4.99. The highest BCUT2D eigenvalue weighted by molar-refractivity contribution is 7.13. The van der Waals surface area contributed by atoms with E-state index in [-0.39, 0.29) is 0 Å². The van der Waals surface area contributed by atoms with Crippen molar-refractivity contribution in [1.29, 1.82) is 5.26 Å². The van der Waals surface area contributed by atoms with Crippen LogP contribution in [0.3, 0.4) is 0 Å². The van der Waals surface area contributed by atoms with E-state index in [1.807, 2.05) is 30.3 Å². The molecule has 0 N–H and O–H groups in total. The molecule has 1 aromatic heterocycles. The summed E-state index contributed by atoms with van der Waals surface area (Å²) in [4.78, 5) is 6.02. The Kier molecular flexibility index (Phi) is 4.10. The Bertz CT molecular complexity index is 722. The van der Waals surface area contributed by atoms with Gasteiger partial charge in [-0.3, -0.25) is 0 Å². The monoisotopic (exact) mass is 314 g/mol. The zero-order valence-corrected chi connectivity index (χ0v) is 13.3. The summed E-state index contributed by atoms with van der Waals surface area (Å²) in [5.74, 6) is 0.719. The Hall–Kier alpha value is -1.63. The van der Waals surface area contributed by atoms with Crippen molar-refractivity contribution in [2.24, 2.45) is 5.92 Å². The summed E-state index contributed by atoms with van der Waals surface area (Å²) in [6.07, 6.45) is 5.20. The van der Waals surface area contributed by atoms with Crippen molar-refractivity contribution in [2.75, 3.05) is 0 Å². The number of thiazole rings is 1. The highest BCUT2D eigenvalue weighted by Gasteiger charge is 2.20. The van der Waals surface area contributed by atoms with E-state index in [0.717, 1.165) is 29.3 Å². The van der Waals surface area contributed by atoms with Crippen LogP contribution in [0.2, 0.25) is 5.02 Å². The Balaban J connectivity index is 1.94. The van der Waals surface area contributed by atoms with E-state index in [9.17, 15) is 5.26 Å². The van der Waals surface area contributed by atoms with Gasteiger partial charge in [-0.15, -0.1) is 11.3 Å². The van der Waals surface area contributed by atoms with E-state index in [1.54, 1.807) is 11.3 Å². The molecule has 0 radical (unpaired) electrons. The van der Waals surface area contributed by atoms with Crippen LogP contribution in [0.5, 0.6) is 0 Å². The van der Waals surface area contributed by atoms with E-state index in [4.69, 9.17) is 11.6 Å². The smallest absolute Gasteiger partial charge is 0.134 e. The van der Waals surface area contributed by atoms with Gasteiger partial charge in [0.15, 0.2) is 0 Å². The van der Waals surface area contributed by atoms with Gasteiger partial charge in [-0.05, 0) is 49.0 Å². The number of hydrogen-bond donors (Lipinski definition) is 0. The van der Waals surface area contributed by atoms with Crippen LogP contribution < -0.4 is 0 Å². The van der Waals surface area contributed by atoms with Gasteiger partial charge in [-0.2, -0.15) is 5.26 Å². The minimum Gasteiger partial charge on any atom is -0.240 e. The SMILES string of the molecule is CC1CCc2nc(/C(C#N)=C/c3ccc(Cl)cc3)sc2C1. The van der Waals surface area contributed by atoms with Crippen molar-refractivity contribution in [3.8, 4) is 6.07 Å². The molecule has 0 aliphatic heterocycles. The second-order valence-corrected chi connectivity index (χ2v) is 6.98. The van der Waals surface area contributed by atoms with Crippen molar-refractivity contribution in [2.45, 2.75) is 26.2 Å². The van der Waals surface area contributed by atoms with Crippen LogP contribution in [0, 0.1) is 17.2 Å². The molecule has 0 bridgehead atoms. The molecule has 1 aliphatic rings. The molecular formula is C17H15ClN2S. The summed E-state index contributed by atoms with van der Waals surface area (Å²) in [7, 11) is 0. The van der Waals surface area contributed by atoms with Gasteiger partial charge in [0.25, 0.3) is 0 Å². The van der Waals surface area contributed by atoms with Crippen LogP contribution in [-0.2, 0) is 12.8 Å². The van der Waals surface area contributed by atoms with Crippen LogP contribution in [0.1, 0.15) is 34.5 Å². The molecule has 1 aliphatic carbocycles. The summed E-state index contributed by atoms with van der Waals surface area (Å²) in [5, 5.41) is 11.0. The lowest BCUT2D eigenvalue weighted by Gasteiger charge is -2.15. The molecule has 1 unspecified atom stereocenters. The number of hydrogen-bond acceptors (Lipinski definition) is 3. The van der Waals surface area contributed by atoms with E-state index < -0.39 is 0 Å². The van der Waals surface area contributed by atoms with E-state index in [2.05, 4.69) is 18.0 Å². The minimum absolute atomic E-state index is 0.629. The van der Waals surface area contributed by atoms with Gasteiger partial charge in [-0.1, -0.05) is 30.7 Å². The summed E-state index contributed by atoms with van der Waals surface area (Å²) in [6, 6.07) is 9.76. The standard InChI is InChI=1S/C17H15ClN2S/c1-11-2-7-15-16(8-11)21-17(20-15)13(10-19)9-12-3-5-14(18)6-4-12/h3-6,9,11H,2,7-8H2,1H3/b13-9+. The zero-order chi connectivity index (χ0) is 14.8. The molecule has 0 spiro atoms. The first-order valence-electron chi connectivity index (χ1n) is 7.02. The van der Waals surface area contributed by atoms with Crippen molar-refractivity contribution in [3.05, 3.63) is 50.4 Å². The molecular weight excluding hydrogens is 300 g/mol. The fourth-order valence-electron chi connectivity index (χ4n) is 2.52. The Morgan fingerprint density at radius 3 is 2.90 bits per heavy atom. The van der Waals surface area contributed by atoms with Crippen molar-refractivity contribution in [3.63, 3.8) is 0 Å². The summed E-state index contributed by atoms with van der Waals surface area (Å²) < 4.78 is 0. The van der Waals surface area contributed by atoms with Crippen LogP contribution >= 0.6 is 22.9 Å². The number of halogens is 1. The van der Waals surface area contributed by atoms with Crippen LogP contribution in [0.15, 0.2) is 24.3 Å². The molecule has 0 saturated heterocycles. The number of aromatic nitrogens is 1. The topological polar surface area (TPSA) is 36.7 Å². The number of benzene rings is 1. The lowest BCUT2D eigenvalue weighted by Crippen LogP contribution is -2.09. The number of aryl methyl sites for hydroxylation is 1. The van der Waals surface area contributed by atoms with E-state index in [0.29, 0.717) is 10.6 Å². The number of fused-ring (bicyclic) bond motifs is 1. The van der Waals surface area contributed by atoms with Crippen molar-refractivity contribution in [1.82, 2.24) is 4.98 Å². The fourth-order valence-corrected chi connectivity index (χ4v) is 3.89. The first kappa shape index (κ1) is 14.3. The Morgan fingerprint density at radius 1 is 1.43 bits per heavy atom. The summed E-state index contributed by atoms with van der Waals surface area (Å²) >= 11 is 7.55. The van der Waals surface area contributed by atoms with Crippen LogP contribution in [0.4, 0.5) is 0 Å². The minimum atomic E-state index is 0.629. The average molecular weight is 315 g/mol. The number of allylic oxidation sites excluding steroid dienone is 1. The quantitative estimate of drug-likeness (QED) is 0.732. The lowest BCUT2D eigenvalue weighted by atomic mass is 9.93. The first-order chi connectivity index (χ1) is 10.2. The Labute approximate surface area is 133 Å².